The van der Waals surface area contributed by atoms with Crippen LogP contribution in [0.1, 0.15) is 46.0 Å². The third-order valence-corrected chi connectivity index (χ3v) is 3.79. The summed E-state index contributed by atoms with van der Waals surface area (Å²) in [5.41, 5.74) is 0. The van der Waals surface area contributed by atoms with E-state index in [1.807, 2.05) is 13.8 Å². The zero-order valence-corrected chi connectivity index (χ0v) is 12.5. The number of carboxylic acid groups (broad SMARTS) is 1. The fraction of sp³-hybridized carbons (Fsp3) is 0.857. The average molecular weight is 285 g/mol. The number of carbonyl (C=O) groups excluding carboxylic acids is 1. The highest BCUT2D eigenvalue weighted by atomic mass is 16.4. The van der Waals surface area contributed by atoms with Crippen LogP contribution in [0.25, 0.3) is 0 Å². The molecule has 1 atom stereocenters. The first-order valence-electron chi connectivity index (χ1n) is 7.60. The molecule has 116 valence electrons. The van der Waals surface area contributed by atoms with Gasteiger partial charge in [-0.05, 0) is 39.3 Å². The van der Waals surface area contributed by atoms with Gasteiger partial charge in [-0.2, -0.15) is 0 Å². The van der Waals surface area contributed by atoms with E-state index in [1.54, 1.807) is 4.90 Å². The summed E-state index contributed by atoms with van der Waals surface area (Å²) >= 11 is 0. The normalized spacial score (nSPS) is 17.5. The Morgan fingerprint density at radius 2 is 2.00 bits per heavy atom. The molecule has 0 aliphatic carbocycles. The van der Waals surface area contributed by atoms with Gasteiger partial charge in [0, 0.05) is 12.6 Å². The molecule has 0 aromatic carbocycles. The molecule has 0 aromatic rings. The van der Waals surface area contributed by atoms with Crippen molar-refractivity contribution < 1.29 is 14.7 Å². The monoisotopic (exact) mass is 285 g/mol. The highest BCUT2D eigenvalue weighted by Crippen LogP contribution is 2.12. The molecule has 1 saturated heterocycles. The van der Waals surface area contributed by atoms with Gasteiger partial charge >= 0.3 is 12.0 Å². The summed E-state index contributed by atoms with van der Waals surface area (Å²) in [4.78, 5) is 25.2. The number of hydrogen-bond donors (Lipinski definition) is 3. The summed E-state index contributed by atoms with van der Waals surface area (Å²) in [5.74, 6) is -0.951. The predicted octanol–water partition coefficient (Wildman–Crippen LogP) is 1.41. The van der Waals surface area contributed by atoms with Crippen molar-refractivity contribution in [2.24, 2.45) is 0 Å². The van der Waals surface area contributed by atoms with Crippen LogP contribution in [0.4, 0.5) is 4.79 Å². The molecule has 1 heterocycles. The topological polar surface area (TPSA) is 81.7 Å². The van der Waals surface area contributed by atoms with Crippen molar-refractivity contribution in [1.29, 1.82) is 0 Å². The Morgan fingerprint density at radius 1 is 1.35 bits per heavy atom. The van der Waals surface area contributed by atoms with Crippen LogP contribution in [0.5, 0.6) is 0 Å². The number of unbranched alkanes of at least 4 members (excludes halogenated alkanes) is 1. The maximum absolute atomic E-state index is 12.3. The first-order valence-corrected chi connectivity index (χ1v) is 7.60. The van der Waals surface area contributed by atoms with Gasteiger partial charge < -0.3 is 20.6 Å². The van der Waals surface area contributed by atoms with Gasteiger partial charge in [0.25, 0.3) is 0 Å². The highest BCUT2D eigenvalue weighted by Gasteiger charge is 2.27. The van der Waals surface area contributed by atoms with Gasteiger partial charge in [0.1, 0.15) is 6.04 Å². The van der Waals surface area contributed by atoms with Crippen molar-refractivity contribution >= 4 is 12.0 Å². The predicted molar refractivity (Wildman–Crippen MR) is 77.8 cm³/mol. The van der Waals surface area contributed by atoms with E-state index in [0.717, 1.165) is 38.8 Å². The average Bonchev–Trinajstić information content (AvgIpc) is 2.45. The molecule has 0 radical (unpaired) electrons. The molecule has 6 heteroatoms. The first kappa shape index (κ1) is 16.8. The molecule has 0 spiro atoms. The third kappa shape index (κ3) is 5.00. The summed E-state index contributed by atoms with van der Waals surface area (Å²) < 4.78 is 0. The summed E-state index contributed by atoms with van der Waals surface area (Å²) in [7, 11) is 0. The van der Waals surface area contributed by atoms with Crippen molar-refractivity contribution in [3.63, 3.8) is 0 Å². The summed E-state index contributed by atoms with van der Waals surface area (Å²) in [5, 5.41) is 15.1. The van der Waals surface area contributed by atoms with E-state index in [-0.39, 0.29) is 12.1 Å². The second kappa shape index (κ2) is 8.79. The summed E-state index contributed by atoms with van der Waals surface area (Å²) in [6.07, 6.45) is 4.06. The maximum Gasteiger partial charge on any atom is 0.326 e. The van der Waals surface area contributed by atoms with E-state index < -0.39 is 12.0 Å². The molecule has 0 bridgehead atoms. The number of hydrogen-bond acceptors (Lipinski definition) is 3. The maximum atomic E-state index is 12.3. The third-order valence-electron chi connectivity index (χ3n) is 3.79. The van der Waals surface area contributed by atoms with Crippen molar-refractivity contribution in [1.82, 2.24) is 15.5 Å². The Labute approximate surface area is 120 Å². The Morgan fingerprint density at radius 3 is 2.50 bits per heavy atom. The largest absolute Gasteiger partial charge is 0.480 e. The molecule has 2 amide bonds. The smallest absolute Gasteiger partial charge is 0.326 e. The second-order valence-corrected chi connectivity index (χ2v) is 5.25. The number of aliphatic carboxylic acids is 1. The van der Waals surface area contributed by atoms with Gasteiger partial charge in [-0.25, -0.2) is 9.59 Å². The zero-order chi connectivity index (χ0) is 15.0. The Bertz CT molecular complexity index is 317. The minimum absolute atomic E-state index is 0.210. The van der Waals surface area contributed by atoms with Gasteiger partial charge in [-0.3, -0.25) is 0 Å². The summed E-state index contributed by atoms with van der Waals surface area (Å²) in [6, 6.07) is -0.817. The van der Waals surface area contributed by atoms with E-state index in [4.69, 9.17) is 0 Å². The molecule has 0 unspecified atom stereocenters. The standard InChI is InChI=1S/C14H27N3O3/c1-3-5-6-12(13(18)19)16-14(20)17(4-2)11-7-9-15-10-8-11/h11-12,15H,3-10H2,1-2H3,(H,16,20)(H,18,19)/t12-/m0/s1. The minimum Gasteiger partial charge on any atom is -0.480 e. The van der Waals surface area contributed by atoms with E-state index in [1.165, 1.54) is 0 Å². The van der Waals surface area contributed by atoms with Crippen LogP contribution in [0.15, 0.2) is 0 Å². The van der Waals surface area contributed by atoms with E-state index in [9.17, 15) is 14.7 Å². The Hall–Kier alpha value is -1.30. The number of nitrogens with zero attached hydrogens (tertiary/aromatic N) is 1. The Balaban J connectivity index is 2.57. The lowest BCUT2D eigenvalue weighted by Crippen LogP contribution is -2.53. The number of piperidine rings is 1. The van der Waals surface area contributed by atoms with Gasteiger partial charge in [-0.1, -0.05) is 19.8 Å². The second-order valence-electron chi connectivity index (χ2n) is 5.25. The van der Waals surface area contributed by atoms with Crippen LogP contribution in [0.3, 0.4) is 0 Å². The van der Waals surface area contributed by atoms with E-state index in [0.29, 0.717) is 13.0 Å². The number of carboxylic acids is 1. The highest BCUT2D eigenvalue weighted by molar-refractivity contribution is 5.82. The molecule has 1 rings (SSSR count). The molecular weight excluding hydrogens is 258 g/mol. The first-order chi connectivity index (χ1) is 9.60. The quantitative estimate of drug-likeness (QED) is 0.660. The lowest BCUT2D eigenvalue weighted by Gasteiger charge is -2.34. The zero-order valence-electron chi connectivity index (χ0n) is 12.5. The molecular formula is C14H27N3O3. The molecule has 0 saturated carbocycles. The molecule has 3 N–H and O–H groups in total. The van der Waals surface area contributed by atoms with Crippen molar-refractivity contribution in [2.45, 2.75) is 58.0 Å². The molecule has 1 fully saturated rings. The summed E-state index contributed by atoms with van der Waals surface area (Å²) in [6.45, 7) is 6.37. The van der Waals surface area contributed by atoms with Crippen LogP contribution >= 0.6 is 0 Å². The van der Waals surface area contributed by atoms with Crippen LogP contribution in [-0.4, -0.2) is 53.7 Å². The molecule has 0 aromatic heterocycles. The molecule has 6 nitrogen and oxygen atoms in total. The SMILES string of the molecule is CCCC[C@H](NC(=O)N(CC)C1CCNCC1)C(=O)O. The van der Waals surface area contributed by atoms with E-state index in [2.05, 4.69) is 10.6 Å². The van der Waals surface area contributed by atoms with Crippen LogP contribution in [0.2, 0.25) is 0 Å². The van der Waals surface area contributed by atoms with Gasteiger partial charge in [0.05, 0.1) is 0 Å². The van der Waals surface area contributed by atoms with Crippen LogP contribution in [-0.2, 0) is 4.79 Å². The van der Waals surface area contributed by atoms with Gasteiger partial charge in [0.15, 0.2) is 0 Å². The van der Waals surface area contributed by atoms with Crippen LogP contribution < -0.4 is 10.6 Å². The van der Waals surface area contributed by atoms with Crippen molar-refractivity contribution in [2.75, 3.05) is 19.6 Å². The fourth-order valence-corrected chi connectivity index (χ4v) is 2.58. The Kier molecular flexibility index (Phi) is 7.36. The molecule has 1 aliphatic heterocycles. The van der Waals surface area contributed by atoms with E-state index >= 15 is 0 Å². The minimum atomic E-state index is -0.951. The molecule has 20 heavy (non-hydrogen) atoms. The number of amides is 2. The number of urea groups is 1. The number of carbonyl (C=O) groups is 2. The number of nitrogens with one attached hydrogen (secondary N) is 2. The van der Waals surface area contributed by atoms with Gasteiger partial charge in [0.2, 0.25) is 0 Å². The van der Waals surface area contributed by atoms with Crippen molar-refractivity contribution in [3.05, 3.63) is 0 Å². The lowest BCUT2D eigenvalue weighted by atomic mass is 10.1. The molecule has 1 aliphatic rings. The van der Waals surface area contributed by atoms with Gasteiger partial charge in [-0.15, -0.1) is 0 Å². The number of rotatable bonds is 7. The van der Waals surface area contributed by atoms with Crippen LogP contribution in [0, 0.1) is 0 Å². The lowest BCUT2D eigenvalue weighted by molar-refractivity contribution is -0.139. The van der Waals surface area contributed by atoms with Crippen molar-refractivity contribution in [3.8, 4) is 0 Å². The fourth-order valence-electron chi connectivity index (χ4n) is 2.58.